The van der Waals surface area contributed by atoms with Gasteiger partial charge in [0, 0.05) is 20.0 Å². The molecule has 0 bridgehead atoms. The number of nitrogens with one attached hydrogen (secondary N) is 1. The number of amides is 2. The summed E-state index contributed by atoms with van der Waals surface area (Å²) in [5.74, 6) is 5.52. The van der Waals surface area contributed by atoms with Gasteiger partial charge in [0.05, 0.1) is 17.5 Å². The van der Waals surface area contributed by atoms with E-state index in [9.17, 15) is 14.7 Å². The predicted molar refractivity (Wildman–Crippen MR) is 96.3 cm³/mol. The van der Waals surface area contributed by atoms with Crippen LogP contribution < -0.4 is 21.9 Å². The van der Waals surface area contributed by atoms with E-state index in [2.05, 4.69) is 5.32 Å². The normalized spacial score (nSPS) is 21.3. The van der Waals surface area contributed by atoms with Crippen molar-refractivity contribution >= 4 is 23.2 Å². The predicted octanol–water partition coefficient (Wildman–Crippen LogP) is -0.319. The van der Waals surface area contributed by atoms with Gasteiger partial charge in [-0.15, -0.1) is 0 Å². The number of likely N-dealkylation sites (tertiary alicyclic amines) is 1. The summed E-state index contributed by atoms with van der Waals surface area (Å²) in [7, 11) is 1.51. The largest absolute Gasteiger partial charge is 0.397 e. The summed E-state index contributed by atoms with van der Waals surface area (Å²) in [5, 5.41) is 13.8. The molecule has 0 aromatic heterocycles. The molecule has 0 spiro atoms. The van der Waals surface area contributed by atoms with Crippen LogP contribution in [0.2, 0.25) is 0 Å². The summed E-state index contributed by atoms with van der Waals surface area (Å²) in [6.45, 7) is 3.87. The van der Waals surface area contributed by atoms with E-state index in [4.69, 9.17) is 11.6 Å². The lowest BCUT2D eigenvalue weighted by atomic mass is 10.0. The first-order valence-electron chi connectivity index (χ1n) is 8.36. The van der Waals surface area contributed by atoms with Gasteiger partial charge < -0.3 is 21.1 Å². The average molecular weight is 349 g/mol. The lowest BCUT2D eigenvalue weighted by Crippen LogP contribution is -2.57. The van der Waals surface area contributed by atoms with E-state index in [0.717, 1.165) is 0 Å². The first-order valence-corrected chi connectivity index (χ1v) is 8.36. The van der Waals surface area contributed by atoms with E-state index < -0.39 is 18.2 Å². The van der Waals surface area contributed by atoms with E-state index in [1.807, 2.05) is 13.8 Å². The monoisotopic (exact) mass is 349 g/mol. The molecule has 6 N–H and O–H groups in total. The topological polar surface area (TPSA) is 125 Å². The molecule has 0 radical (unpaired) electrons. The van der Waals surface area contributed by atoms with Crippen LogP contribution >= 0.6 is 0 Å². The van der Waals surface area contributed by atoms with Gasteiger partial charge in [-0.3, -0.25) is 14.6 Å². The van der Waals surface area contributed by atoms with Gasteiger partial charge in [0.1, 0.15) is 12.1 Å². The Kier molecular flexibility index (Phi) is 5.86. The number of nitrogens with zero attached hydrogens (tertiary/aromatic N) is 2. The Morgan fingerprint density at radius 1 is 1.36 bits per heavy atom. The number of carbonyl (C=O) groups is 2. The average Bonchev–Trinajstić information content (AvgIpc) is 2.96. The fraction of sp³-hybridized carbons (Fsp3) is 0.529. The van der Waals surface area contributed by atoms with E-state index in [0.29, 0.717) is 11.4 Å². The van der Waals surface area contributed by atoms with Crippen LogP contribution in [0, 0.1) is 5.92 Å². The second-order valence-corrected chi connectivity index (χ2v) is 6.67. The molecule has 25 heavy (non-hydrogen) atoms. The standard InChI is InChI=1S/C17H27N5O3/c1-10(2)15(22(19)13-7-5-4-6-12(13)18)17(25)21-9-11(23)8-14(21)16(24)20-3/h4-7,10-11,14-15,23H,8-9,18-19H2,1-3H3,(H,20,24). The van der Waals surface area contributed by atoms with Gasteiger partial charge in [-0.1, -0.05) is 26.0 Å². The molecule has 3 atom stereocenters. The third-order valence-corrected chi connectivity index (χ3v) is 4.51. The number of aliphatic hydroxyl groups excluding tert-OH is 1. The van der Waals surface area contributed by atoms with E-state index in [1.54, 1.807) is 24.3 Å². The number of para-hydroxylation sites is 2. The quantitative estimate of drug-likeness (QED) is 0.328. The summed E-state index contributed by atoms with van der Waals surface area (Å²) in [5.41, 5.74) is 6.99. The molecule has 1 saturated heterocycles. The number of nitrogens with two attached hydrogens (primary N) is 2. The van der Waals surface area contributed by atoms with Crippen LogP contribution in [0.4, 0.5) is 11.4 Å². The van der Waals surface area contributed by atoms with E-state index >= 15 is 0 Å². The fourth-order valence-corrected chi connectivity index (χ4v) is 3.24. The van der Waals surface area contributed by atoms with Gasteiger partial charge in [-0.25, -0.2) is 5.84 Å². The molecule has 1 aliphatic heterocycles. The van der Waals surface area contributed by atoms with E-state index in [1.165, 1.54) is 17.0 Å². The summed E-state index contributed by atoms with van der Waals surface area (Å²) in [4.78, 5) is 26.7. The first-order chi connectivity index (χ1) is 11.8. The fourth-order valence-electron chi connectivity index (χ4n) is 3.24. The molecular formula is C17H27N5O3. The molecule has 1 fully saturated rings. The lowest BCUT2D eigenvalue weighted by molar-refractivity contribution is -0.140. The first kappa shape index (κ1) is 19.0. The van der Waals surface area contributed by atoms with Crippen LogP contribution in [0.25, 0.3) is 0 Å². The number of aliphatic hydroxyl groups is 1. The zero-order valence-corrected chi connectivity index (χ0v) is 14.8. The van der Waals surface area contributed by atoms with Gasteiger partial charge in [0.15, 0.2) is 0 Å². The summed E-state index contributed by atoms with van der Waals surface area (Å²) in [6, 6.07) is 5.63. The van der Waals surface area contributed by atoms with Crippen molar-refractivity contribution in [3.8, 4) is 0 Å². The van der Waals surface area contributed by atoms with Gasteiger partial charge in [-0.05, 0) is 18.1 Å². The van der Waals surface area contributed by atoms with Gasteiger partial charge in [0.25, 0.3) is 0 Å². The molecule has 1 aliphatic rings. The molecule has 1 heterocycles. The minimum absolute atomic E-state index is 0.109. The third kappa shape index (κ3) is 3.85. The Morgan fingerprint density at radius 2 is 2.00 bits per heavy atom. The summed E-state index contributed by atoms with van der Waals surface area (Å²) >= 11 is 0. The minimum atomic E-state index is -0.730. The lowest BCUT2D eigenvalue weighted by Gasteiger charge is -2.36. The van der Waals surface area contributed by atoms with Crippen molar-refractivity contribution in [1.29, 1.82) is 0 Å². The van der Waals surface area contributed by atoms with Crippen molar-refractivity contribution in [3.05, 3.63) is 24.3 Å². The Morgan fingerprint density at radius 3 is 2.56 bits per heavy atom. The molecule has 2 amide bonds. The Labute approximate surface area is 147 Å². The minimum Gasteiger partial charge on any atom is -0.397 e. The Balaban J connectivity index is 2.32. The number of anilines is 2. The summed E-state index contributed by atoms with van der Waals surface area (Å²) < 4.78 is 0. The van der Waals surface area contributed by atoms with Crippen molar-refractivity contribution < 1.29 is 14.7 Å². The number of carbonyl (C=O) groups excluding carboxylic acids is 2. The summed E-state index contributed by atoms with van der Waals surface area (Å²) in [6.07, 6.45) is -0.513. The number of benzene rings is 1. The zero-order valence-electron chi connectivity index (χ0n) is 14.8. The second kappa shape index (κ2) is 7.71. The highest BCUT2D eigenvalue weighted by molar-refractivity contribution is 5.92. The van der Waals surface area contributed by atoms with Crippen molar-refractivity contribution in [3.63, 3.8) is 0 Å². The zero-order chi connectivity index (χ0) is 18.7. The number of β-amino-alcohol motifs (C(OH)–C–C–N with tert-alkyl or cyclic N) is 1. The van der Waals surface area contributed by atoms with Crippen LogP contribution in [0.1, 0.15) is 20.3 Å². The van der Waals surface area contributed by atoms with Gasteiger partial charge in [-0.2, -0.15) is 0 Å². The number of hydrogen-bond donors (Lipinski definition) is 4. The van der Waals surface area contributed by atoms with Crippen LogP contribution in [-0.4, -0.2) is 53.6 Å². The molecule has 1 aromatic carbocycles. The SMILES string of the molecule is CNC(=O)C1CC(O)CN1C(=O)C(C(C)C)N(N)c1ccccc1N. The maximum absolute atomic E-state index is 13.2. The number of hydrogen-bond acceptors (Lipinski definition) is 6. The highest BCUT2D eigenvalue weighted by Crippen LogP contribution is 2.27. The van der Waals surface area contributed by atoms with Crippen LogP contribution in [0.5, 0.6) is 0 Å². The highest BCUT2D eigenvalue weighted by Gasteiger charge is 2.43. The smallest absolute Gasteiger partial charge is 0.247 e. The van der Waals surface area contributed by atoms with E-state index in [-0.39, 0.29) is 30.7 Å². The third-order valence-electron chi connectivity index (χ3n) is 4.51. The van der Waals surface area contributed by atoms with Crippen LogP contribution in [0.15, 0.2) is 24.3 Å². The molecule has 8 nitrogen and oxygen atoms in total. The molecule has 0 saturated carbocycles. The van der Waals surface area contributed by atoms with Crippen molar-refractivity contribution in [2.75, 3.05) is 24.3 Å². The maximum Gasteiger partial charge on any atom is 0.247 e. The number of hydrazine groups is 1. The van der Waals surface area contributed by atoms with Crippen LogP contribution in [0.3, 0.4) is 0 Å². The van der Waals surface area contributed by atoms with Crippen molar-refractivity contribution in [2.24, 2.45) is 11.8 Å². The molecule has 2 rings (SSSR count). The second-order valence-electron chi connectivity index (χ2n) is 6.67. The number of likely N-dealkylation sites (N-methyl/N-ethyl adjacent to an activating group) is 1. The molecule has 138 valence electrons. The van der Waals surface area contributed by atoms with Gasteiger partial charge in [0.2, 0.25) is 11.8 Å². The molecule has 0 aliphatic carbocycles. The van der Waals surface area contributed by atoms with Gasteiger partial charge >= 0.3 is 0 Å². The molecular weight excluding hydrogens is 322 g/mol. The van der Waals surface area contributed by atoms with Crippen molar-refractivity contribution in [2.45, 2.75) is 38.5 Å². The molecule has 1 aromatic rings. The number of nitrogen functional groups attached to an aromatic ring is 1. The number of rotatable bonds is 5. The Hall–Kier alpha value is -2.32. The highest BCUT2D eigenvalue weighted by atomic mass is 16.3. The molecule has 3 unspecified atom stereocenters. The Bertz CT molecular complexity index is 636. The van der Waals surface area contributed by atoms with Crippen molar-refractivity contribution in [1.82, 2.24) is 10.2 Å². The van der Waals surface area contributed by atoms with Crippen LogP contribution in [-0.2, 0) is 9.59 Å². The maximum atomic E-state index is 13.2. The molecule has 8 heteroatoms.